The molecule has 1 aromatic rings. The number of benzene rings is 1. The van der Waals surface area contributed by atoms with E-state index in [0.29, 0.717) is 19.8 Å². The molecule has 0 saturated carbocycles. The summed E-state index contributed by atoms with van der Waals surface area (Å²) in [6.07, 6.45) is 0.918. The predicted molar refractivity (Wildman–Crippen MR) is 75.1 cm³/mol. The first-order valence-electron chi connectivity index (χ1n) is 5.68. The van der Waals surface area contributed by atoms with E-state index < -0.39 is 10.4 Å². The SMILES string of the molecule is N=C(N)NCCOCCc1ccccc1.O=S(=O)(O)O. The molecule has 0 aliphatic carbocycles. The first-order chi connectivity index (χ1) is 9.29. The molecule has 0 unspecified atom stereocenters. The molecule has 0 heterocycles. The van der Waals surface area contributed by atoms with E-state index in [4.69, 9.17) is 33.4 Å². The molecule has 0 bridgehead atoms. The van der Waals surface area contributed by atoms with Crippen molar-refractivity contribution in [1.29, 1.82) is 5.41 Å². The third-order valence-corrected chi connectivity index (χ3v) is 1.94. The average Bonchev–Trinajstić information content (AvgIpc) is 2.32. The summed E-state index contributed by atoms with van der Waals surface area (Å²) in [5.41, 5.74) is 6.39. The fraction of sp³-hybridized carbons (Fsp3) is 0.364. The van der Waals surface area contributed by atoms with Gasteiger partial charge in [0.1, 0.15) is 0 Å². The molecule has 6 N–H and O–H groups in total. The van der Waals surface area contributed by atoms with E-state index in [0.717, 1.165) is 6.42 Å². The van der Waals surface area contributed by atoms with Gasteiger partial charge in [-0.3, -0.25) is 14.5 Å². The van der Waals surface area contributed by atoms with Gasteiger partial charge in [0.05, 0.1) is 13.2 Å². The van der Waals surface area contributed by atoms with Crippen LogP contribution in [0.3, 0.4) is 0 Å². The van der Waals surface area contributed by atoms with E-state index in [1.807, 2.05) is 18.2 Å². The molecule has 20 heavy (non-hydrogen) atoms. The van der Waals surface area contributed by atoms with E-state index in [1.54, 1.807) is 0 Å². The van der Waals surface area contributed by atoms with Crippen LogP contribution < -0.4 is 11.1 Å². The monoisotopic (exact) mass is 305 g/mol. The number of guanidine groups is 1. The fourth-order valence-corrected chi connectivity index (χ4v) is 1.19. The van der Waals surface area contributed by atoms with Gasteiger partial charge in [-0.1, -0.05) is 30.3 Å². The largest absolute Gasteiger partial charge is 0.394 e. The number of hydrogen-bond donors (Lipinski definition) is 5. The molecule has 1 aromatic carbocycles. The maximum atomic E-state index is 8.74. The lowest BCUT2D eigenvalue weighted by Crippen LogP contribution is -2.33. The average molecular weight is 305 g/mol. The van der Waals surface area contributed by atoms with E-state index in [9.17, 15) is 0 Å². The molecule has 8 nitrogen and oxygen atoms in total. The second-order valence-corrected chi connectivity index (χ2v) is 4.53. The van der Waals surface area contributed by atoms with Crippen molar-refractivity contribution in [3.05, 3.63) is 35.9 Å². The van der Waals surface area contributed by atoms with Crippen molar-refractivity contribution in [2.75, 3.05) is 19.8 Å². The number of ether oxygens (including phenoxy) is 1. The Morgan fingerprint density at radius 2 is 1.80 bits per heavy atom. The lowest BCUT2D eigenvalue weighted by atomic mass is 10.2. The summed E-state index contributed by atoms with van der Waals surface area (Å²) in [5, 5.41) is 9.60. The predicted octanol–water partition coefficient (Wildman–Crippen LogP) is 0.0760. The highest BCUT2D eigenvalue weighted by molar-refractivity contribution is 7.79. The second-order valence-electron chi connectivity index (χ2n) is 3.64. The van der Waals surface area contributed by atoms with Gasteiger partial charge in [0.15, 0.2) is 5.96 Å². The number of hydrogen-bond acceptors (Lipinski definition) is 4. The van der Waals surface area contributed by atoms with E-state index >= 15 is 0 Å². The molecule has 0 fully saturated rings. The summed E-state index contributed by atoms with van der Waals surface area (Å²) >= 11 is 0. The van der Waals surface area contributed by atoms with Gasteiger partial charge in [-0.15, -0.1) is 0 Å². The molecule has 0 aliphatic rings. The number of rotatable bonds is 6. The summed E-state index contributed by atoms with van der Waals surface area (Å²) in [4.78, 5) is 0. The Hall–Kier alpha value is -1.68. The number of nitrogens with one attached hydrogen (secondary N) is 2. The summed E-state index contributed by atoms with van der Waals surface area (Å²) in [5.74, 6) is -0.0124. The Balaban J connectivity index is 0.000000621. The zero-order valence-corrected chi connectivity index (χ0v) is 11.6. The van der Waals surface area contributed by atoms with Gasteiger partial charge in [-0.25, -0.2) is 0 Å². The molecule has 0 amide bonds. The molecule has 0 aliphatic heterocycles. The molecule has 0 aromatic heterocycles. The summed E-state index contributed by atoms with van der Waals surface area (Å²) < 4.78 is 37.0. The van der Waals surface area contributed by atoms with Crippen LogP contribution in [0.1, 0.15) is 5.56 Å². The lowest BCUT2D eigenvalue weighted by Gasteiger charge is -2.05. The van der Waals surface area contributed by atoms with Gasteiger partial charge in [-0.05, 0) is 12.0 Å². The Labute approximate surface area is 118 Å². The van der Waals surface area contributed by atoms with Crippen LogP contribution in [-0.4, -0.2) is 43.2 Å². The van der Waals surface area contributed by atoms with Gasteiger partial charge in [0.2, 0.25) is 0 Å². The minimum absolute atomic E-state index is 0.0124. The smallest absolute Gasteiger partial charge is 0.379 e. The molecule has 0 radical (unpaired) electrons. The van der Waals surface area contributed by atoms with Crippen LogP contribution in [0.2, 0.25) is 0 Å². The zero-order valence-electron chi connectivity index (χ0n) is 10.8. The molecule has 0 spiro atoms. The van der Waals surface area contributed by atoms with Crippen molar-refractivity contribution in [3.8, 4) is 0 Å². The van der Waals surface area contributed by atoms with E-state index in [-0.39, 0.29) is 5.96 Å². The van der Waals surface area contributed by atoms with Crippen LogP contribution in [0.15, 0.2) is 30.3 Å². The Bertz CT molecular complexity index is 470. The normalized spacial score (nSPS) is 10.3. The first kappa shape index (κ1) is 18.3. The van der Waals surface area contributed by atoms with E-state index in [1.165, 1.54) is 5.56 Å². The molecule has 114 valence electrons. The summed E-state index contributed by atoms with van der Waals surface area (Å²) in [6.45, 7) is 1.86. The van der Waals surface area contributed by atoms with Crippen molar-refractivity contribution < 1.29 is 22.3 Å². The van der Waals surface area contributed by atoms with Gasteiger partial charge in [0.25, 0.3) is 0 Å². The van der Waals surface area contributed by atoms with Crippen molar-refractivity contribution >= 4 is 16.4 Å². The molecule has 0 saturated heterocycles. The van der Waals surface area contributed by atoms with Crippen molar-refractivity contribution in [1.82, 2.24) is 5.32 Å². The third-order valence-electron chi connectivity index (χ3n) is 1.94. The lowest BCUT2D eigenvalue weighted by molar-refractivity contribution is 0.142. The van der Waals surface area contributed by atoms with Crippen molar-refractivity contribution in [3.63, 3.8) is 0 Å². The third kappa shape index (κ3) is 16.3. The van der Waals surface area contributed by atoms with Crippen LogP contribution in [0.4, 0.5) is 0 Å². The quantitative estimate of drug-likeness (QED) is 0.216. The molecule has 9 heteroatoms. The fourth-order valence-electron chi connectivity index (χ4n) is 1.19. The standard InChI is InChI=1S/C11H17N3O.H2O4S/c12-11(13)14-7-9-15-8-6-10-4-2-1-3-5-10;1-5(2,3)4/h1-5H,6-9H2,(H4,12,13,14);(H2,1,2,3,4). The van der Waals surface area contributed by atoms with Gasteiger partial charge in [0, 0.05) is 6.54 Å². The van der Waals surface area contributed by atoms with E-state index in [2.05, 4.69) is 17.4 Å². The maximum absolute atomic E-state index is 8.74. The van der Waals surface area contributed by atoms with Crippen LogP contribution in [0.5, 0.6) is 0 Å². The van der Waals surface area contributed by atoms with Gasteiger partial charge >= 0.3 is 10.4 Å². The Kier molecular flexibility index (Phi) is 9.30. The maximum Gasteiger partial charge on any atom is 0.394 e. The Morgan fingerprint density at radius 3 is 2.30 bits per heavy atom. The highest BCUT2D eigenvalue weighted by Gasteiger charge is 1.92. The van der Waals surface area contributed by atoms with Crippen LogP contribution in [-0.2, 0) is 21.6 Å². The Morgan fingerprint density at radius 1 is 1.25 bits per heavy atom. The summed E-state index contributed by atoms with van der Waals surface area (Å²) in [6, 6.07) is 10.2. The van der Waals surface area contributed by atoms with Crippen LogP contribution >= 0.6 is 0 Å². The topological polar surface area (TPSA) is 146 Å². The van der Waals surface area contributed by atoms with Crippen molar-refractivity contribution in [2.45, 2.75) is 6.42 Å². The molecular formula is C11H19N3O5S. The summed E-state index contributed by atoms with van der Waals surface area (Å²) in [7, 11) is -4.67. The van der Waals surface area contributed by atoms with Gasteiger partial charge in [-0.2, -0.15) is 8.42 Å². The molecule has 1 rings (SSSR count). The molecular weight excluding hydrogens is 286 g/mol. The van der Waals surface area contributed by atoms with Crippen molar-refractivity contribution in [2.24, 2.45) is 5.73 Å². The molecule has 0 atom stereocenters. The van der Waals surface area contributed by atoms with Crippen LogP contribution in [0.25, 0.3) is 0 Å². The highest BCUT2D eigenvalue weighted by atomic mass is 32.3. The minimum Gasteiger partial charge on any atom is -0.379 e. The zero-order chi connectivity index (χ0) is 15.4. The van der Waals surface area contributed by atoms with Gasteiger partial charge < -0.3 is 15.8 Å². The first-order valence-corrected chi connectivity index (χ1v) is 7.08. The minimum atomic E-state index is -4.67. The second kappa shape index (κ2) is 10.1. The highest BCUT2D eigenvalue weighted by Crippen LogP contribution is 1.99. The number of nitrogens with two attached hydrogens (primary N) is 1. The van der Waals surface area contributed by atoms with Crippen LogP contribution in [0, 0.1) is 5.41 Å².